The standard InChI is InChI=1S/C14H13ClN2O2/c1-10(19-12-5-3-2-4-6-12)14(18)17-13-8-7-11(15)9-16-13/h2-10H,1H3,(H,16,17,18)/t10-/m0/s1. The Labute approximate surface area is 116 Å². The highest BCUT2D eigenvalue weighted by molar-refractivity contribution is 6.30. The van der Waals surface area contributed by atoms with Crippen molar-refractivity contribution in [2.75, 3.05) is 5.32 Å². The molecule has 1 heterocycles. The molecule has 19 heavy (non-hydrogen) atoms. The second-order valence-corrected chi connectivity index (χ2v) is 4.36. The predicted octanol–water partition coefficient (Wildman–Crippen LogP) is 3.14. The van der Waals surface area contributed by atoms with E-state index in [-0.39, 0.29) is 5.91 Å². The molecule has 1 amide bonds. The molecule has 0 radical (unpaired) electrons. The molecule has 1 atom stereocenters. The number of amides is 1. The molecule has 0 saturated carbocycles. The van der Waals surface area contributed by atoms with E-state index >= 15 is 0 Å². The van der Waals surface area contributed by atoms with Crippen LogP contribution in [-0.4, -0.2) is 17.0 Å². The van der Waals surface area contributed by atoms with Gasteiger partial charge in [0.1, 0.15) is 11.6 Å². The van der Waals surface area contributed by atoms with Crippen LogP contribution in [0.2, 0.25) is 5.02 Å². The van der Waals surface area contributed by atoms with Crippen LogP contribution in [-0.2, 0) is 4.79 Å². The van der Waals surface area contributed by atoms with E-state index in [0.29, 0.717) is 16.6 Å². The van der Waals surface area contributed by atoms with E-state index in [0.717, 1.165) is 0 Å². The summed E-state index contributed by atoms with van der Waals surface area (Å²) in [4.78, 5) is 15.9. The molecule has 0 unspecified atom stereocenters. The second kappa shape index (κ2) is 6.20. The Hall–Kier alpha value is -2.07. The van der Waals surface area contributed by atoms with E-state index in [1.54, 1.807) is 31.2 Å². The number of ether oxygens (including phenoxy) is 1. The highest BCUT2D eigenvalue weighted by Gasteiger charge is 2.15. The van der Waals surface area contributed by atoms with Crippen molar-refractivity contribution >= 4 is 23.3 Å². The summed E-state index contributed by atoms with van der Waals surface area (Å²) in [5, 5.41) is 3.18. The van der Waals surface area contributed by atoms with Crippen LogP contribution in [0.1, 0.15) is 6.92 Å². The first-order valence-corrected chi connectivity index (χ1v) is 6.17. The summed E-state index contributed by atoms with van der Waals surface area (Å²) in [5.41, 5.74) is 0. The Kier molecular flexibility index (Phi) is 4.36. The lowest BCUT2D eigenvalue weighted by molar-refractivity contribution is -0.122. The van der Waals surface area contributed by atoms with Gasteiger partial charge in [-0.25, -0.2) is 4.98 Å². The highest BCUT2D eigenvalue weighted by atomic mass is 35.5. The Morgan fingerprint density at radius 2 is 2.00 bits per heavy atom. The van der Waals surface area contributed by atoms with Gasteiger partial charge < -0.3 is 10.1 Å². The van der Waals surface area contributed by atoms with Crippen LogP contribution in [0.4, 0.5) is 5.82 Å². The summed E-state index contributed by atoms with van der Waals surface area (Å²) in [7, 11) is 0. The van der Waals surface area contributed by atoms with Crippen LogP contribution >= 0.6 is 11.6 Å². The van der Waals surface area contributed by atoms with Gasteiger partial charge in [0, 0.05) is 6.20 Å². The van der Waals surface area contributed by atoms with E-state index < -0.39 is 6.10 Å². The summed E-state index contributed by atoms with van der Waals surface area (Å²) in [5.74, 6) is 0.825. The van der Waals surface area contributed by atoms with Crippen LogP contribution in [0.5, 0.6) is 5.75 Å². The van der Waals surface area contributed by atoms with E-state index in [2.05, 4.69) is 10.3 Å². The highest BCUT2D eigenvalue weighted by Crippen LogP contribution is 2.13. The first kappa shape index (κ1) is 13.4. The molecule has 1 aromatic heterocycles. The number of hydrogen-bond acceptors (Lipinski definition) is 3. The minimum Gasteiger partial charge on any atom is -0.481 e. The summed E-state index contributed by atoms with van der Waals surface area (Å²) < 4.78 is 5.51. The third-order valence-corrected chi connectivity index (χ3v) is 2.63. The van der Waals surface area contributed by atoms with Gasteiger partial charge in [0.2, 0.25) is 0 Å². The Balaban J connectivity index is 1.94. The number of carbonyl (C=O) groups excluding carboxylic acids is 1. The number of aromatic nitrogens is 1. The Morgan fingerprint density at radius 3 is 2.63 bits per heavy atom. The van der Waals surface area contributed by atoms with Crippen molar-refractivity contribution in [3.63, 3.8) is 0 Å². The van der Waals surface area contributed by atoms with E-state index in [4.69, 9.17) is 16.3 Å². The van der Waals surface area contributed by atoms with Gasteiger partial charge in [-0.1, -0.05) is 29.8 Å². The number of hydrogen-bond donors (Lipinski definition) is 1. The first-order chi connectivity index (χ1) is 9.15. The van der Waals surface area contributed by atoms with Crippen LogP contribution in [0.25, 0.3) is 0 Å². The average molecular weight is 277 g/mol. The summed E-state index contributed by atoms with van der Waals surface area (Å²) >= 11 is 5.72. The molecular weight excluding hydrogens is 264 g/mol. The smallest absolute Gasteiger partial charge is 0.266 e. The number of nitrogens with one attached hydrogen (secondary N) is 1. The molecule has 0 spiro atoms. The summed E-state index contributed by atoms with van der Waals surface area (Å²) in [6.07, 6.45) is 0.861. The van der Waals surface area contributed by atoms with Crippen molar-refractivity contribution in [3.05, 3.63) is 53.7 Å². The fraction of sp³-hybridized carbons (Fsp3) is 0.143. The van der Waals surface area contributed by atoms with Crippen LogP contribution in [0.15, 0.2) is 48.7 Å². The average Bonchev–Trinajstić information content (AvgIpc) is 2.42. The number of nitrogens with zero attached hydrogens (tertiary/aromatic N) is 1. The van der Waals surface area contributed by atoms with Gasteiger partial charge in [-0.15, -0.1) is 0 Å². The van der Waals surface area contributed by atoms with Crippen LogP contribution in [0.3, 0.4) is 0 Å². The minimum atomic E-state index is -0.611. The number of halogens is 1. The van der Waals surface area contributed by atoms with Crippen LogP contribution < -0.4 is 10.1 Å². The second-order valence-electron chi connectivity index (χ2n) is 3.92. The molecular formula is C14H13ClN2O2. The third-order valence-electron chi connectivity index (χ3n) is 2.40. The van der Waals surface area contributed by atoms with Gasteiger partial charge in [-0.2, -0.15) is 0 Å². The molecule has 0 bridgehead atoms. The minimum absolute atomic E-state index is 0.265. The molecule has 0 fully saturated rings. The Morgan fingerprint density at radius 1 is 1.26 bits per heavy atom. The Bertz CT molecular complexity index is 543. The zero-order valence-corrected chi connectivity index (χ0v) is 11.1. The first-order valence-electron chi connectivity index (χ1n) is 5.79. The topological polar surface area (TPSA) is 51.2 Å². The monoisotopic (exact) mass is 276 g/mol. The summed E-state index contributed by atoms with van der Waals surface area (Å²) in [6, 6.07) is 12.5. The fourth-order valence-corrected chi connectivity index (χ4v) is 1.55. The third kappa shape index (κ3) is 3.96. The number of rotatable bonds is 4. The van der Waals surface area contributed by atoms with Gasteiger partial charge in [0.05, 0.1) is 5.02 Å². The molecule has 1 N–H and O–H groups in total. The number of pyridine rings is 1. The van der Waals surface area contributed by atoms with Crippen molar-refractivity contribution in [3.8, 4) is 5.75 Å². The predicted molar refractivity (Wildman–Crippen MR) is 74.4 cm³/mol. The summed E-state index contributed by atoms with van der Waals surface area (Å²) in [6.45, 7) is 1.68. The van der Waals surface area contributed by atoms with E-state index in [1.807, 2.05) is 18.2 Å². The molecule has 0 aliphatic heterocycles. The maximum Gasteiger partial charge on any atom is 0.266 e. The van der Waals surface area contributed by atoms with Crippen molar-refractivity contribution in [2.45, 2.75) is 13.0 Å². The number of carbonyl (C=O) groups is 1. The normalized spacial score (nSPS) is 11.7. The molecule has 2 aromatic rings. The van der Waals surface area contributed by atoms with E-state index in [9.17, 15) is 4.79 Å². The molecule has 5 heteroatoms. The molecule has 1 aromatic carbocycles. The largest absolute Gasteiger partial charge is 0.481 e. The maximum atomic E-state index is 11.9. The van der Waals surface area contributed by atoms with Gasteiger partial charge in [-0.05, 0) is 31.2 Å². The van der Waals surface area contributed by atoms with E-state index in [1.165, 1.54) is 6.20 Å². The molecule has 98 valence electrons. The lowest BCUT2D eigenvalue weighted by Crippen LogP contribution is -2.30. The molecule has 0 aliphatic rings. The number of anilines is 1. The van der Waals surface area contributed by atoms with Crippen molar-refractivity contribution in [1.29, 1.82) is 0 Å². The van der Waals surface area contributed by atoms with Gasteiger partial charge in [0.15, 0.2) is 6.10 Å². The van der Waals surface area contributed by atoms with Gasteiger partial charge in [-0.3, -0.25) is 4.79 Å². The molecule has 2 rings (SSSR count). The van der Waals surface area contributed by atoms with Gasteiger partial charge >= 0.3 is 0 Å². The van der Waals surface area contributed by atoms with Crippen molar-refractivity contribution in [2.24, 2.45) is 0 Å². The molecule has 0 aliphatic carbocycles. The lowest BCUT2D eigenvalue weighted by atomic mass is 10.3. The zero-order chi connectivity index (χ0) is 13.7. The maximum absolute atomic E-state index is 11.9. The molecule has 0 saturated heterocycles. The molecule has 4 nitrogen and oxygen atoms in total. The fourth-order valence-electron chi connectivity index (χ4n) is 1.43. The SMILES string of the molecule is C[C@H](Oc1ccccc1)C(=O)Nc1ccc(Cl)cn1. The van der Waals surface area contributed by atoms with Crippen molar-refractivity contribution < 1.29 is 9.53 Å². The number of para-hydroxylation sites is 1. The number of benzene rings is 1. The van der Waals surface area contributed by atoms with Crippen molar-refractivity contribution in [1.82, 2.24) is 4.98 Å². The zero-order valence-electron chi connectivity index (χ0n) is 10.3. The van der Waals surface area contributed by atoms with Gasteiger partial charge in [0.25, 0.3) is 5.91 Å². The van der Waals surface area contributed by atoms with Crippen LogP contribution in [0, 0.1) is 0 Å². The lowest BCUT2D eigenvalue weighted by Gasteiger charge is -2.14. The quantitative estimate of drug-likeness (QED) is 0.933.